The number of hydrogen-bond acceptors (Lipinski definition) is 3. The zero-order valence-corrected chi connectivity index (χ0v) is 11.2. The molecular weight excluding hydrogens is 276 g/mol. The minimum absolute atomic E-state index is 0.271. The van der Waals surface area contributed by atoms with E-state index in [2.05, 4.69) is 5.32 Å². The van der Waals surface area contributed by atoms with E-state index >= 15 is 0 Å². The minimum Gasteiger partial charge on any atom is -0.481 e. The first-order valence-corrected chi connectivity index (χ1v) is 6.20. The number of amides is 1. The van der Waals surface area contributed by atoms with E-state index in [4.69, 9.17) is 10.2 Å². The van der Waals surface area contributed by atoms with Gasteiger partial charge in [-0.3, -0.25) is 9.59 Å². The van der Waals surface area contributed by atoms with Crippen LogP contribution in [0.5, 0.6) is 0 Å². The van der Waals surface area contributed by atoms with Crippen LogP contribution in [0, 0.1) is 0 Å². The van der Waals surface area contributed by atoms with Gasteiger partial charge < -0.3 is 20.1 Å². The Morgan fingerprint density at radius 2 is 1.90 bits per heavy atom. The van der Waals surface area contributed by atoms with Crippen molar-refractivity contribution in [3.05, 3.63) is 36.0 Å². The zero-order chi connectivity index (χ0) is 15.6. The van der Waals surface area contributed by atoms with E-state index in [0.717, 1.165) is 10.9 Å². The van der Waals surface area contributed by atoms with Gasteiger partial charge in [0.2, 0.25) is 0 Å². The summed E-state index contributed by atoms with van der Waals surface area (Å²) in [4.78, 5) is 33.7. The lowest BCUT2D eigenvalue weighted by Gasteiger charge is -2.12. The predicted molar refractivity (Wildman–Crippen MR) is 74.1 cm³/mol. The van der Waals surface area contributed by atoms with Gasteiger partial charge in [0.1, 0.15) is 11.7 Å². The van der Waals surface area contributed by atoms with Crippen LogP contribution < -0.4 is 5.32 Å². The Morgan fingerprint density at radius 3 is 2.48 bits per heavy atom. The van der Waals surface area contributed by atoms with Gasteiger partial charge in [-0.2, -0.15) is 0 Å². The topological polar surface area (TPSA) is 109 Å². The molecule has 0 fully saturated rings. The summed E-state index contributed by atoms with van der Waals surface area (Å²) in [5.41, 5.74) is 1.10. The molecule has 1 unspecified atom stereocenters. The van der Waals surface area contributed by atoms with Crippen LogP contribution in [0.15, 0.2) is 30.3 Å². The van der Waals surface area contributed by atoms with Crippen molar-refractivity contribution in [3.8, 4) is 0 Å². The van der Waals surface area contributed by atoms with Crippen molar-refractivity contribution >= 4 is 28.7 Å². The molecule has 1 heterocycles. The molecule has 1 atom stereocenters. The zero-order valence-electron chi connectivity index (χ0n) is 11.2. The van der Waals surface area contributed by atoms with E-state index in [-0.39, 0.29) is 5.69 Å². The highest BCUT2D eigenvalue weighted by molar-refractivity contribution is 6.00. The lowest BCUT2D eigenvalue weighted by Crippen LogP contribution is -2.42. The third-order valence-corrected chi connectivity index (χ3v) is 3.17. The molecule has 1 aromatic carbocycles. The minimum atomic E-state index is -1.46. The fraction of sp³-hybridized carbons (Fsp3) is 0.214. The molecule has 1 aromatic heterocycles. The summed E-state index contributed by atoms with van der Waals surface area (Å²) in [6.07, 6.45) is -0.676. The number of aromatic nitrogens is 1. The molecule has 110 valence electrons. The summed E-state index contributed by atoms with van der Waals surface area (Å²) in [7, 11) is 1.68. The maximum absolute atomic E-state index is 12.1. The number of benzene rings is 1. The fourth-order valence-corrected chi connectivity index (χ4v) is 2.11. The monoisotopic (exact) mass is 290 g/mol. The molecular formula is C14H14N2O5. The number of aliphatic carboxylic acids is 2. The highest BCUT2D eigenvalue weighted by atomic mass is 16.4. The molecule has 0 bridgehead atoms. The average Bonchev–Trinajstić information content (AvgIpc) is 2.75. The van der Waals surface area contributed by atoms with Crippen molar-refractivity contribution in [2.24, 2.45) is 7.05 Å². The number of para-hydroxylation sites is 1. The van der Waals surface area contributed by atoms with Crippen molar-refractivity contribution in [3.63, 3.8) is 0 Å². The highest BCUT2D eigenvalue weighted by Gasteiger charge is 2.24. The van der Waals surface area contributed by atoms with Gasteiger partial charge in [0, 0.05) is 18.0 Å². The molecule has 0 radical (unpaired) electrons. The lowest BCUT2D eigenvalue weighted by molar-refractivity contribution is -0.145. The molecule has 7 heteroatoms. The highest BCUT2D eigenvalue weighted by Crippen LogP contribution is 2.18. The van der Waals surface area contributed by atoms with Crippen LogP contribution in [-0.2, 0) is 16.6 Å². The van der Waals surface area contributed by atoms with Crippen LogP contribution in [0.1, 0.15) is 16.9 Å². The molecule has 0 aliphatic carbocycles. The number of aryl methyl sites for hydroxylation is 1. The number of rotatable bonds is 5. The Hall–Kier alpha value is -2.83. The Labute approximate surface area is 119 Å². The molecule has 0 saturated carbocycles. The van der Waals surface area contributed by atoms with E-state index in [1.54, 1.807) is 17.7 Å². The molecule has 2 rings (SSSR count). The largest absolute Gasteiger partial charge is 0.481 e. The van der Waals surface area contributed by atoms with Crippen molar-refractivity contribution in [1.82, 2.24) is 9.88 Å². The molecule has 21 heavy (non-hydrogen) atoms. The number of nitrogens with one attached hydrogen (secondary N) is 1. The second-order valence-electron chi connectivity index (χ2n) is 4.61. The van der Waals surface area contributed by atoms with Crippen molar-refractivity contribution in [1.29, 1.82) is 0 Å². The van der Waals surface area contributed by atoms with E-state index < -0.39 is 30.3 Å². The molecule has 0 aliphatic heterocycles. The number of hydrogen-bond donors (Lipinski definition) is 3. The van der Waals surface area contributed by atoms with Crippen molar-refractivity contribution < 1.29 is 24.6 Å². The molecule has 7 nitrogen and oxygen atoms in total. The Balaban J connectivity index is 2.27. The summed E-state index contributed by atoms with van der Waals surface area (Å²) in [6, 6.07) is 7.48. The maximum atomic E-state index is 12.1. The van der Waals surface area contributed by atoms with Gasteiger partial charge in [0.25, 0.3) is 5.91 Å². The van der Waals surface area contributed by atoms with Crippen molar-refractivity contribution in [2.45, 2.75) is 12.5 Å². The molecule has 2 aromatic rings. The van der Waals surface area contributed by atoms with Crippen LogP contribution in [-0.4, -0.2) is 38.7 Å². The van der Waals surface area contributed by atoms with Crippen molar-refractivity contribution in [2.75, 3.05) is 0 Å². The first-order chi connectivity index (χ1) is 9.90. The van der Waals surface area contributed by atoms with Crippen LogP contribution in [0.2, 0.25) is 0 Å². The smallest absolute Gasteiger partial charge is 0.326 e. The van der Waals surface area contributed by atoms with E-state index in [9.17, 15) is 14.4 Å². The Bertz CT molecular complexity index is 719. The van der Waals surface area contributed by atoms with Gasteiger partial charge in [-0.1, -0.05) is 18.2 Å². The first-order valence-electron chi connectivity index (χ1n) is 6.20. The number of carbonyl (C=O) groups is 3. The van der Waals surface area contributed by atoms with Crippen LogP contribution >= 0.6 is 0 Å². The van der Waals surface area contributed by atoms with Gasteiger partial charge in [-0.25, -0.2) is 4.79 Å². The van der Waals surface area contributed by atoms with Crippen LogP contribution in [0.25, 0.3) is 10.9 Å². The Kier molecular flexibility index (Phi) is 3.93. The Morgan fingerprint density at radius 1 is 1.24 bits per heavy atom. The molecule has 0 aliphatic rings. The quantitative estimate of drug-likeness (QED) is 0.756. The summed E-state index contributed by atoms with van der Waals surface area (Å²) >= 11 is 0. The van der Waals surface area contributed by atoms with Gasteiger partial charge in [0.05, 0.1) is 6.42 Å². The predicted octanol–water partition coefficient (Wildman–Crippen LogP) is 0.836. The van der Waals surface area contributed by atoms with Gasteiger partial charge in [0.15, 0.2) is 0 Å². The number of fused-ring (bicyclic) bond motifs is 1. The number of nitrogens with zero attached hydrogens (tertiary/aromatic N) is 1. The molecule has 0 spiro atoms. The van der Waals surface area contributed by atoms with Gasteiger partial charge in [-0.15, -0.1) is 0 Å². The second kappa shape index (κ2) is 5.66. The summed E-state index contributed by atoms with van der Waals surface area (Å²) in [5.74, 6) is -3.30. The van der Waals surface area contributed by atoms with Crippen LogP contribution in [0.4, 0.5) is 0 Å². The molecule has 3 N–H and O–H groups in total. The van der Waals surface area contributed by atoms with Crippen LogP contribution in [0.3, 0.4) is 0 Å². The third-order valence-electron chi connectivity index (χ3n) is 3.17. The maximum Gasteiger partial charge on any atom is 0.326 e. The van der Waals surface area contributed by atoms with Gasteiger partial charge in [-0.05, 0) is 12.1 Å². The summed E-state index contributed by atoms with van der Waals surface area (Å²) in [6.45, 7) is 0. The van der Waals surface area contributed by atoms with E-state index in [0.29, 0.717) is 0 Å². The fourth-order valence-electron chi connectivity index (χ4n) is 2.11. The number of carbonyl (C=O) groups excluding carboxylic acids is 1. The number of carboxylic acid groups (broad SMARTS) is 2. The third kappa shape index (κ3) is 3.02. The lowest BCUT2D eigenvalue weighted by atomic mass is 10.2. The first kappa shape index (κ1) is 14.6. The SMILES string of the molecule is Cn1c(C(=O)NC(CC(=O)O)C(=O)O)cc2ccccc21. The standard InChI is InChI=1S/C14H14N2O5/c1-16-10-5-3-2-4-8(10)6-11(16)13(19)15-9(14(20)21)7-12(17)18/h2-6,9H,7H2,1H3,(H,15,19)(H,17,18)(H,20,21). The molecule has 0 saturated heterocycles. The average molecular weight is 290 g/mol. The number of carboxylic acids is 2. The summed E-state index contributed by atoms with van der Waals surface area (Å²) < 4.78 is 1.63. The summed E-state index contributed by atoms with van der Waals surface area (Å²) in [5, 5.41) is 20.7. The van der Waals surface area contributed by atoms with Gasteiger partial charge >= 0.3 is 11.9 Å². The second-order valence-corrected chi connectivity index (χ2v) is 4.61. The van der Waals surface area contributed by atoms with E-state index in [1.165, 1.54) is 0 Å². The normalized spacial score (nSPS) is 12.0. The van der Waals surface area contributed by atoms with E-state index in [1.807, 2.05) is 24.3 Å². The molecule has 1 amide bonds.